The Labute approximate surface area is 100 Å². The van der Waals surface area contributed by atoms with Crippen LogP contribution in [0.4, 0.5) is 11.4 Å². The maximum atomic E-state index is 10.6. The van der Waals surface area contributed by atoms with Crippen molar-refractivity contribution in [3.8, 4) is 6.07 Å². The normalized spacial score (nSPS) is 11.9. The highest BCUT2D eigenvalue weighted by Crippen LogP contribution is 2.23. The highest BCUT2D eigenvalue weighted by molar-refractivity contribution is 5.61. The van der Waals surface area contributed by atoms with Gasteiger partial charge in [0, 0.05) is 18.2 Å². The Kier molecular flexibility index (Phi) is 4.05. The summed E-state index contributed by atoms with van der Waals surface area (Å²) in [4.78, 5) is 10.1. The number of nitrogens with zero attached hydrogens (tertiary/aromatic N) is 2. The lowest BCUT2D eigenvalue weighted by Crippen LogP contribution is -2.22. The second kappa shape index (κ2) is 5.30. The van der Waals surface area contributed by atoms with E-state index in [1.54, 1.807) is 6.07 Å². The Hall–Kier alpha value is -2.09. The van der Waals surface area contributed by atoms with Gasteiger partial charge in [-0.3, -0.25) is 10.1 Å². The lowest BCUT2D eigenvalue weighted by Gasteiger charge is -2.19. The van der Waals surface area contributed by atoms with Crippen molar-refractivity contribution in [2.24, 2.45) is 5.92 Å². The zero-order valence-electron chi connectivity index (χ0n) is 10.1. The van der Waals surface area contributed by atoms with Gasteiger partial charge in [-0.1, -0.05) is 13.8 Å². The molecule has 90 valence electrons. The molecule has 1 aromatic rings. The predicted octanol–water partition coefficient (Wildman–Crippen LogP) is 2.92. The van der Waals surface area contributed by atoms with Gasteiger partial charge in [0.25, 0.3) is 5.69 Å². The number of nitro benzene ring substituents is 1. The van der Waals surface area contributed by atoms with Crippen LogP contribution in [-0.4, -0.2) is 11.0 Å². The third-order valence-electron chi connectivity index (χ3n) is 2.72. The van der Waals surface area contributed by atoms with Gasteiger partial charge in [-0.15, -0.1) is 0 Å². The van der Waals surface area contributed by atoms with Crippen LogP contribution < -0.4 is 5.32 Å². The summed E-state index contributed by atoms with van der Waals surface area (Å²) >= 11 is 0. The Morgan fingerprint density at radius 1 is 1.41 bits per heavy atom. The van der Waals surface area contributed by atoms with Crippen LogP contribution in [0.2, 0.25) is 0 Å². The summed E-state index contributed by atoms with van der Waals surface area (Å²) in [6.45, 7) is 6.14. The molecule has 0 aliphatic carbocycles. The molecule has 0 fully saturated rings. The van der Waals surface area contributed by atoms with E-state index in [1.807, 2.05) is 13.0 Å². The van der Waals surface area contributed by atoms with Crippen molar-refractivity contribution in [1.82, 2.24) is 0 Å². The summed E-state index contributed by atoms with van der Waals surface area (Å²) in [7, 11) is 0. The number of hydrogen-bond acceptors (Lipinski definition) is 4. The molecule has 1 atom stereocenters. The summed E-state index contributed by atoms with van der Waals surface area (Å²) in [5, 5.41) is 22.7. The number of nitrogens with one attached hydrogen (secondary N) is 1. The molecule has 0 saturated heterocycles. The van der Waals surface area contributed by atoms with E-state index in [0.717, 1.165) is 0 Å². The number of nitriles is 1. The first-order valence-corrected chi connectivity index (χ1v) is 5.40. The zero-order valence-corrected chi connectivity index (χ0v) is 10.1. The molecule has 5 heteroatoms. The largest absolute Gasteiger partial charge is 0.381 e. The molecule has 17 heavy (non-hydrogen) atoms. The molecule has 0 aromatic heterocycles. The molecule has 5 nitrogen and oxygen atoms in total. The van der Waals surface area contributed by atoms with E-state index in [1.165, 1.54) is 12.1 Å². The van der Waals surface area contributed by atoms with Crippen LogP contribution in [0.25, 0.3) is 0 Å². The van der Waals surface area contributed by atoms with Crippen molar-refractivity contribution < 1.29 is 4.92 Å². The molecular weight excluding hydrogens is 218 g/mol. The van der Waals surface area contributed by atoms with Crippen molar-refractivity contribution in [2.75, 3.05) is 5.32 Å². The Bertz CT molecular complexity index is 463. The van der Waals surface area contributed by atoms with Gasteiger partial charge in [0.05, 0.1) is 16.2 Å². The van der Waals surface area contributed by atoms with Gasteiger partial charge < -0.3 is 5.32 Å². The third-order valence-corrected chi connectivity index (χ3v) is 2.72. The SMILES string of the molecule is CC(C)[C@H](C)Nc1ccc([N+](=O)[O-])cc1C#N. The van der Waals surface area contributed by atoms with Crippen LogP contribution in [0.3, 0.4) is 0 Å². The number of non-ortho nitro benzene ring substituents is 1. The molecule has 0 heterocycles. The highest BCUT2D eigenvalue weighted by Gasteiger charge is 2.13. The molecule has 1 N–H and O–H groups in total. The minimum atomic E-state index is -0.503. The van der Waals surface area contributed by atoms with Crippen LogP contribution >= 0.6 is 0 Å². The molecule has 0 bridgehead atoms. The van der Waals surface area contributed by atoms with Crippen molar-refractivity contribution in [2.45, 2.75) is 26.8 Å². The van der Waals surface area contributed by atoms with Gasteiger partial charge in [0.1, 0.15) is 6.07 Å². The van der Waals surface area contributed by atoms with E-state index >= 15 is 0 Å². The van der Waals surface area contributed by atoms with E-state index in [4.69, 9.17) is 5.26 Å². The summed E-state index contributed by atoms with van der Waals surface area (Å²) in [6.07, 6.45) is 0. The first-order valence-electron chi connectivity index (χ1n) is 5.40. The maximum Gasteiger partial charge on any atom is 0.270 e. The number of benzene rings is 1. The first-order chi connectivity index (χ1) is 7.95. The standard InChI is InChI=1S/C12H15N3O2/c1-8(2)9(3)14-12-5-4-11(15(16)17)6-10(12)7-13/h4-6,8-9,14H,1-3H3/t9-/m0/s1. The van der Waals surface area contributed by atoms with Crippen molar-refractivity contribution >= 4 is 11.4 Å². The summed E-state index contributed by atoms with van der Waals surface area (Å²) in [5.41, 5.74) is 0.871. The molecule has 0 unspecified atom stereocenters. The first kappa shape index (κ1) is 13.0. The summed E-state index contributed by atoms with van der Waals surface area (Å²) < 4.78 is 0. The van der Waals surface area contributed by atoms with Crippen molar-refractivity contribution in [3.63, 3.8) is 0 Å². The smallest absolute Gasteiger partial charge is 0.270 e. The second-order valence-electron chi connectivity index (χ2n) is 4.28. The van der Waals surface area contributed by atoms with E-state index in [-0.39, 0.29) is 11.7 Å². The third kappa shape index (κ3) is 3.18. The molecule has 1 aromatic carbocycles. The van der Waals surface area contributed by atoms with Crippen molar-refractivity contribution in [3.05, 3.63) is 33.9 Å². The molecule has 0 aliphatic rings. The Balaban J connectivity index is 3.02. The summed E-state index contributed by atoms with van der Waals surface area (Å²) in [5.74, 6) is 0.414. The molecule has 1 rings (SSSR count). The van der Waals surface area contributed by atoms with Gasteiger partial charge in [0.2, 0.25) is 0 Å². The molecule has 0 spiro atoms. The van der Waals surface area contributed by atoms with E-state index in [0.29, 0.717) is 17.2 Å². The van der Waals surface area contributed by atoms with Gasteiger partial charge in [-0.2, -0.15) is 5.26 Å². The minimum Gasteiger partial charge on any atom is -0.381 e. The van der Waals surface area contributed by atoms with Gasteiger partial charge in [0.15, 0.2) is 0 Å². The fraction of sp³-hybridized carbons (Fsp3) is 0.417. The van der Waals surface area contributed by atoms with Crippen LogP contribution in [-0.2, 0) is 0 Å². The molecule has 0 amide bonds. The predicted molar refractivity (Wildman–Crippen MR) is 65.7 cm³/mol. The fourth-order valence-electron chi connectivity index (χ4n) is 1.28. The van der Waals surface area contributed by atoms with Gasteiger partial charge in [-0.25, -0.2) is 0 Å². The quantitative estimate of drug-likeness (QED) is 0.640. The van der Waals surface area contributed by atoms with Crippen LogP contribution in [0, 0.1) is 27.4 Å². The topological polar surface area (TPSA) is 79.0 Å². The second-order valence-corrected chi connectivity index (χ2v) is 4.28. The van der Waals surface area contributed by atoms with Crippen molar-refractivity contribution in [1.29, 1.82) is 5.26 Å². The Morgan fingerprint density at radius 2 is 2.06 bits per heavy atom. The number of anilines is 1. The van der Waals surface area contributed by atoms with E-state index in [2.05, 4.69) is 19.2 Å². The number of nitro groups is 1. The molecular formula is C12H15N3O2. The highest BCUT2D eigenvalue weighted by atomic mass is 16.6. The van der Waals surface area contributed by atoms with E-state index < -0.39 is 4.92 Å². The minimum absolute atomic E-state index is 0.0655. The lowest BCUT2D eigenvalue weighted by atomic mass is 10.1. The Morgan fingerprint density at radius 3 is 2.53 bits per heavy atom. The number of hydrogen-bond donors (Lipinski definition) is 1. The summed E-state index contributed by atoms with van der Waals surface area (Å²) in [6, 6.07) is 6.43. The van der Waals surface area contributed by atoms with Crippen LogP contribution in [0.5, 0.6) is 0 Å². The van der Waals surface area contributed by atoms with Gasteiger partial charge in [-0.05, 0) is 18.9 Å². The monoisotopic (exact) mass is 233 g/mol. The molecule has 0 aliphatic heterocycles. The zero-order chi connectivity index (χ0) is 13.0. The number of rotatable bonds is 4. The van der Waals surface area contributed by atoms with Crippen LogP contribution in [0.1, 0.15) is 26.3 Å². The van der Waals surface area contributed by atoms with E-state index in [9.17, 15) is 10.1 Å². The lowest BCUT2D eigenvalue weighted by molar-refractivity contribution is -0.384. The fourth-order valence-corrected chi connectivity index (χ4v) is 1.28. The van der Waals surface area contributed by atoms with Gasteiger partial charge >= 0.3 is 0 Å². The molecule has 0 saturated carbocycles. The maximum absolute atomic E-state index is 10.6. The average molecular weight is 233 g/mol. The average Bonchev–Trinajstić information content (AvgIpc) is 2.28. The van der Waals surface area contributed by atoms with Crippen LogP contribution in [0.15, 0.2) is 18.2 Å². The molecule has 0 radical (unpaired) electrons.